The number of nitrogens with zero attached hydrogens (tertiary/aromatic N) is 3. The molecule has 1 aromatic rings. The first kappa shape index (κ1) is 13.0. The molecule has 1 atom stereocenters. The normalized spacial score (nSPS) is 12.1. The Labute approximate surface area is 104 Å². The van der Waals surface area contributed by atoms with Gasteiger partial charge in [0.25, 0.3) is 5.91 Å². The molecule has 0 aliphatic heterocycles. The summed E-state index contributed by atoms with van der Waals surface area (Å²) in [5.74, 6) is -0.0552. The van der Waals surface area contributed by atoms with Crippen molar-refractivity contribution in [2.24, 2.45) is 11.7 Å². The van der Waals surface area contributed by atoms with Crippen molar-refractivity contribution in [2.75, 3.05) is 13.1 Å². The second kappa shape index (κ2) is 5.86. The van der Waals surface area contributed by atoms with Gasteiger partial charge in [0.2, 0.25) is 0 Å². The van der Waals surface area contributed by atoms with Crippen LogP contribution in [0.4, 0.5) is 0 Å². The summed E-state index contributed by atoms with van der Waals surface area (Å²) in [6.45, 7) is 4.97. The maximum Gasteiger partial charge on any atom is 0.267 e. The first-order valence-corrected chi connectivity index (χ1v) is 6.10. The van der Waals surface area contributed by atoms with Crippen LogP contribution in [0.1, 0.15) is 23.5 Å². The number of amides is 1. The molecule has 5 nitrogen and oxygen atoms in total. The zero-order chi connectivity index (χ0) is 12.1. The minimum Gasteiger partial charge on any atom is -0.393 e. The molecule has 1 aromatic heterocycles. The third-order valence-corrected chi connectivity index (χ3v) is 3.28. The number of hydrogen-bond donors (Lipinski definition) is 1. The van der Waals surface area contributed by atoms with Crippen LogP contribution in [0.5, 0.6) is 0 Å². The second-order valence-corrected chi connectivity index (χ2v) is 4.69. The average Bonchev–Trinajstić information content (AvgIpc) is 2.77. The van der Waals surface area contributed by atoms with Gasteiger partial charge in [-0.15, -0.1) is 5.10 Å². The molecule has 0 aliphatic rings. The molecule has 16 heavy (non-hydrogen) atoms. The highest BCUT2D eigenvalue weighted by atomic mass is 32.1. The highest BCUT2D eigenvalue weighted by molar-refractivity contribution is 7.80. The summed E-state index contributed by atoms with van der Waals surface area (Å²) in [6.07, 6.45) is 1.47. The topological polar surface area (TPSA) is 72.1 Å². The van der Waals surface area contributed by atoms with Gasteiger partial charge in [-0.1, -0.05) is 23.6 Å². The number of aromatic nitrogens is 2. The van der Waals surface area contributed by atoms with Crippen LogP contribution in [0.3, 0.4) is 0 Å². The Bertz CT molecular complexity index is 366. The van der Waals surface area contributed by atoms with Crippen molar-refractivity contribution in [1.82, 2.24) is 14.5 Å². The monoisotopic (exact) mass is 258 g/mol. The Morgan fingerprint density at radius 2 is 2.44 bits per heavy atom. The standard InChI is InChI=1S/C9H14N4OS2/c1-3-13(5-6(2)8(10)15)9(14)7-4-11-12-16-7/h4,6H,3,5H2,1-2H3,(H2,10,15). The van der Waals surface area contributed by atoms with Crippen LogP contribution < -0.4 is 5.73 Å². The van der Waals surface area contributed by atoms with E-state index in [1.165, 1.54) is 6.20 Å². The largest absolute Gasteiger partial charge is 0.393 e. The lowest BCUT2D eigenvalue weighted by molar-refractivity contribution is 0.0759. The molecule has 0 saturated carbocycles. The van der Waals surface area contributed by atoms with Crippen LogP contribution in [-0.4, -0.2) is 38.5 Å². The summed E-state index contributed by atoms with van der Waals surface area (Å²) in [6, 6.07) is 0. The Hall–Kier alpha value is -1.08. The van der Waals surface area contributed by atoms with Crippen molar-refractivity contribution < 1.29 is 4.79 Å². The third-order valence-electron chi connectivity index (χ3n) is 2.22. The lowest BCUT2D eigenvalue weighted by atomic mass is 10.1. The number of carbonyl (C=O) groups excluding carboxylic acids is 1. The van der Waals surface area contributed by atoms with Crippen molar-refractivity contribution in [2.45, 2.75) is 13.8 Å². The SMILES string of the molecule is CCN(CC(C)C(N)=S)C(=O)c1cnns1. The number of thiocarbonyl (C=S) groups is 1. The first-order valence-electron chi connectivity index (χ1n) is 4.92. The smallest absolute Gasteiger partial charge is 0.267 e. The maximum atomic E-state index is 12.0. The van der Waals surface area contributed by atoms with E-state index in [4.69, 9.17) is 18.0 Å². The van der Waals surface area contributed by atoms with Gasteiger partial charge in [-0.3, -0.25) is 4.79 Å². The lowest BCUT2D eigenvalue weighted by Gasteiger charge is -2.23. The Balaban J connectivity index is 2.68. The minimum absolute atomic E-state index is 0.0137. The van der Waals surface area contributed by atoms with Crippen LogP contribution in [0, 0.1) is 5.92 Å². The van der Waals surface area contributed by atoms with E-state index in [9.17, 15) is 4.79 Å². The highest BCUT2D eigenvalue weighted by Gasteiger charge is 2.19. The lowest BCUT2D eigenvalue weighted by Crippen LogP contribution is -2.37. The number of nitrogens with two attached hydrogens (primary N) is 1. The van der Waals surface area contributed by atoms with Gasteiger partial charge in [-0.25, -0.2) is 0 Å². The first-order chi connectivity index (χ1) is 7.56. The molecule has 0 spiro atoms. The van der Waals surface area contributed by atoms with Crippen molar-refractivity contribution >= 4 is 34.6 Å². The van der Waals surface area contributed by atoms with Crippen molar-refractivity contribution in [3.05, 3.63) is 11.1 Å². The van der Waals surface area contributed by atoms with Gasteiger partial charge < -0.3 is 10.6 Å². The number of hydrogen-bond acceptors (Lipinski definition) is 5. The summed E-state index contributed by atoms with van der Waals surface area (Å²) in [5.41, 5.74) is 5.53. The molecule has 0 bridgehead atoms. The molecule has 0 aliphatic carbocycles. The zero-order valence-electron chi connectivity index (χ0n) is 9.21. The van der Waals surface area contributed by atoms with E-state index >= 15 is 0 Å². The predicted molar refractivity (Wildman–Crippen MR) is 67.4 cm³/mol. The number of rotatable bonds is 5. The van der Waals surface area contributed by atoms with Gasteiger partial charge in [0.1, 0.15) is 4.88 Å². The summed E-state index contributed by atoms with van der Waals surface area (Å²) in [7, 11) is 0. The Morgan fingerprint density at radius 1 is 1.75 bits per heavy atom. The summed E-state index contributed by atoms with van der Waals surface area (Å²) in [5, 5.41) is 3.64. The third kappa shape index (κ3) is 3.21. The van der Waals surface area contributed by atoms with E-state index in [0.717, 1.165) is 11.5 Å². The van der Waals surface area contributed by atoms with Crippen molar-refractivity contribution in [3.63, 3.8) is 0 Å². The molecule has 88 valence electrons. The molecule has 0 fully saturated rings. The molecule has 1 heterocycles. The van der Waals surface area contributed by atoms with Crippen LogP contribution in [-0.2, 0) is 0 Å². The second-order valence-electron chi connectivity index (χ2n) is 3.43. The summed E-state index contributed by atoms with van der Waals surface area (Å²) < 4.78 is 3.67. The molecule has 7 heteroatoms. The maximum absolute atomic E-state index is 12.0. The molecule has 2 N–H and O–H groups in total. The molecule has 0 radical (unpaired) electrons. The van der Waals surface area contributed by atoms with Gasteiger partial charge in [0.15, 0.2) is 0 Å². The van der Waals surface area contributed by atoms with E-state index in [1.807, 2.05) is 13.8 Å². The Morgan fingerprint density at radius 3 is 2.88 bits per heavy atom. The van der Waals surface area contributed by atoms with Crippen molar-refractivity contribution in [3.8, 4) is 0 Å². The zero-order valence-corrected chi connectivity index (χ0v) is 10.8. The van der Waals surface area contributed by atoms with Gasteiger partial charge in [-0.2, -0.15) is 0 Å². The minimum atomic E-state index is -0.0689. The van der Waals surface area contributed by atoms with Crippen LogP contribution in [0.2, 0.25) is 0 Å². The molecule has 1 rings (SSSR count). The van der Waals surface area contributed by atoms with E-state index in [2.05, 4.69) is 9.59 Å². The molecular formula is C9H14N4OS2. The van der Waals surface area contributed by atoms with Crippen molar-refractivity contribution in [1.29, 1.82) is 0 Å². The average molecular weight is 258 g/mol. The predicted octanol–water partition coefficient (Wildman–Crippen LogP) is 0.922. The van der Waals surface area contributed by atoms with E-state index in [-0.39, 0.29) is 11.8 Å². The van der Waals surface area contributed by atoms with E-state index in [0.29, 0.717) is 23.0 Å². The Kier molecular flexibility index (Phi) is 4.75. The molecule has 0 saturated heterocycles. The van der Waals surface area contributed by atoms with Gasteiger partial charge in [0, 0.05) is 19.0 Å². The van der Waals surface area contributed by atoms with E-state index < -0.39 is 0 Å². The van der Waals surface area contributed by atoms with Crippen LogP contribution in [0.15, 0.2) is 6.20 Å². The van der Waals surface area contributed by atoms with Gasteiger partial charge in [0.05, 0.1) is 11.2 Å². The summed E-state index contributed by atoms with van der Waals surface area (Å²) in [4.78, 5) is 14.6. The highest BCUT2D eigenvalue weighted by Crippen LogP contribution is 2.09. The molecule has 1 amide bonds. The molecule has 1 unspecified atom stereocenters. The molecule has 0 aromatic carbocycles. The summed E-state index contributed by atoms with van der Waals surface area (Å²) >= 11 is 5.98. The fourth-order valence-corrected chi connectivity index (χ4v) is 1.75. The quantitative estimate of drug-likeness (QED) is 0.795. The van der Waals surface area contributed by atoms with Gasteiger partial charge in [-0.05, 0) is 18.5 Å². The number of carbonyl (C=O) groups is 1. The van der Waals surface area contributed by atoms with Gasteiger partial charge >= 0.3 is 0 Å². The van der Waals surface area contributed by atoms with E-state index in [1.54, 1.807) is 4.90 Å². The molecular weight excluding hydrogens is 244 g/mol. The fourth-order valence-electron chi connectivity index (χ4n) is 1.19. The fraction of sp³-hybridized carbons (Fsp3) is 0.556. The van der Waals surface area contributed by atoms with Crippen LogP contribution >= 0.6 is 23.8 Å². The van der Waals surface area contributed by atoms with Crippen LogP contribution in [0.25, 0.3) is 0 Å².